The first-order valence-electron chi connectivity index (χ1n) is 6.04. The average Bonchev–Trinajstić information content (AvgIpc) is 2.38. The van der Waals surface area contributed by atoms with Gasteiger partial charge in [-0.1, -0.05) is 12.1 Å². The molecular weight excluding hydrogens is 292 g/mol. The molecule has 0 aromatic heterocycles. The van der Waals surface area contributed by atoms with Crippen molar-refractivity contribution in [2.24, 2.45) is 0 Å². The van der Waals surface area contributed by atoms with E-state index in [0.29, 0.717) is 16.9 Å². The van der Waals surface area contributed by atoms with Gasteiger partial charge in [-0.25, -0.2) is 13.2 Å². The number of carboxylic acids is 1. The molecule has 0 saturated heterocycles. The molecule has 0 spiro atoms. The third-order valence-corrected chi connectivity index (χ3v) is 3.97. The van der Waals surface area contributed by atoms with Gasteiger partial charge in [0.2, 0.25) is 10.0 Å². The van der Waals surface area contributed by atoms with E-state index in [1.54, 1.807) is 24.3 Å². The van der Waals surface area contributed by atoms with E-state index in [4.69, 9.17) is 10.8 Å². The van der Waals surface area contributed by atoms with Gasteiger partial charge >= 0.3 is 5.97 Å². The molecule has 2 rings (SSSR count). The maximum atomic E-state index is 12.0. The molecule has 21 heavy (non-hydrogen) atoms. The largest absolute Gasteiger partial charge is 0.478 e. The number of nitrogens with one attached hydrogen (secondary N) is 1. The molecule has 7 heteroatoms. The van der Waals surface area contributed by atoms with Crippen molar-refractivity contribution in [1.82, 2.24) is 0 Å². The van der Waals surface area contributed by atoms with Crippen LogP contribution < -0.4 is 10.5 Å². The van der Waals surface area contributed by atoms with Gasteiger partial charge in [0.1, 0.15) is 0 Å². The summed E-state index contributed by atoms with van der Waals surface area (Å²) in [5.74, 6) is -1.28. The molecule has 0 saturated carbocycles. The van der Waals surface area contributed by atoms with Crippen molar-refractivity contribution in [2.75, 3.05) is 10.5 Å². The summed E-state index contributed by atoms with van der Waals surface area (Å²) < 4.78 is 26.5. The minimum absolute atomic E-state index is 0.0915. The molecule has 0 heterocycles. The lowest BCUT2D eigenvalue weighted by Gasteiger charge is -2.08. The molecular formula is C14H14N2O4S. The summed E-state index contributed by atoms with van der Waals surface area (Å²) in [6.45, 7) is 0. The molecule has 0 amide bonds. The van der Waals surface area contributed by atoms with Gasteiger partial charge in [-0.2, -0.15) is 0 Å². The fraction of sp³-hybridized carbons (Fsp3) is 0.0714. The summed E-state index contributed by atoms with van der Waals surface area (Å²) in [7, 11) is -3.59. The number of nitrogens with two attached hydrogens (primary N) is 1. The summed E-state index contributed by atoms with van der Waals surface area (Å²) in [6, 6.07) is 12.1. The molecule has 0 atom stereocenters. The molecule has 110 valence electrons. The fourth-order valence-electron chi connectivity index (χ4n) is 1.80. The number of carboxylic acid groups (broad SMARTS) is 1. The Hall–Kier alpha value is -2.54. The molecule has 6 nitrogen and oxygen atoms in total. The Kier molecular flexibility index (Phi) is 4.13. The minimum Gasteiger partial charge on any atom is -0.478 e. The van der Waals surface area contributed by atoms with Crippen molar-refractivity contribution in [1.29, 1.82) is 0 Å². The van der Waals surface area contributed by atoms with Gasteiger partial charge in [-0.3, -0.25) is 4.72 Å². The van der Waals surface area contributed by atoms with Gasteiger partial charge in [0, 0.05) is 11.4 Å². The quantitative estimate of drug-likeness (QED) is 0.731. The second kappa shape index (κ2) is 5.84. The molecule has 2 aromatic carbocycles. The number of sulfonamides is 1. The molecule has 0 fully saturated rings. The van der Waals surface area contributed by atoms with Crippen molar-refractivity contribution in [3.05, 3.63) is 59.7 Å². The molecule has 2 aromatic rings. The molecule has 4 N–H and O–H groups in total. The fourth-order valence-corrected chi connectivity index (χ4v) is 2.98. The zero-order valence-corrected chi connectivity index (χ0v) is 11.8. The summed E-state index contributed by atoms with van der Waals surface area (Å²) in [4.78, 5) is 10.7. The van der Waals surface area contributed by atoms with E-state index in [9.17, 15) is 13.2 Å². The number of carbonyl (C=O) groups is 1. The number of anilines is 2. The summed E-state index contributed by atoms with van der Waals surface area (Å²) in [5.41, 5.74) is 7.07. The first-order chi connectivity index (χ1) is 9.85. The minimum atomic E-state index is -3.59. The smallest absolute Gasteiger partial charge is 0.335 e. The highest BCUT2D eigenvalue weighted by Gasteiger charge is 2.12. The highest BCUT2D eigenvalue weighted by molar-refractivity contribution is 7.91. The topological polar surface area (TPSA) is 109 Å². The van der Waals surface area contributed by atoms with Gasteiger partial charge in [-0.05, 0) is 42.0 Å². The van der Waals surface area contributed by atoms with Gasteiger partial charge in [0.25, 0.3) is 0 Å². The van der Waals surface area contributed by atoms with Crippen LogP contribution >= 0.6 is 0 Å². The lowest BCUT2D eigenvalue weighted by molar-refractivity contribution is 0.0697. The normalized spacial score (nSPS) is 11.0. The molecule has 0 aliphatic carbocycles. The van der Waals surface area contributed by atoms with Crippen molar-refractivity contribution in [3.8, 4) is 0 Å². The second-order valence-corrected chi connectivity index (χ2v) is 6.21. The predicted octanol–water partition coefficient (Wildman–Crippen LogP) is 1.91. The first-order valence-corrected chi connectivity index (χ1v) is 7.69. The summed E-state index contributed by atoms with van der Waals surface area (Å²) in [5, 5.41) is 8.78. The van der Waals surface area contributed by atoms with Crippen LogP contribution in [0.2, 0.25) is 0 Å². The van der Waals surface area contributed by atoms with Crippen molar-refractivity contribution >= 4 is 27.4 Å². The van der Waals surface area contributed by atoms with E-state index in [1.165, 1.54) is 24.3 Å². The third kappa shape index (κ3) is 4.22. The molecule has 0 bridgehead atoms. The van der Waals surface area contributed by atoms with Crippen LogP contribution in [0, 0.1) is 0 Å². The van der Waals surface area contributed by atoms with Crippen molar-refractivity contribution in [2.45, 2.75) is 5.75 Å². The van der Waals surface area contributed by atoms with Crippen molar-refractivity contribution in [3.63, 3.8) is 0 Å². The Morgan fingerprint density at radius 1 is 1.14 bits per heavy atom. The van der Waals surface area contributed by atoms with Crippen LogP contribution in [0.4, 0.5) is 11.4 Å². The Bertz CT molecular complexity index is 755. The lowest BCUT2D eigenvalue weighted by Crippen LogP contribution is -2.15. The monoisotopic (exact) mass is 306 g/mol. The zero-order valence-electron chi connectivity index (χ0n) is 11.0. The van der Waals surface area contributed by atoms with Crippen LogP contribution in [-0.4, -0.2) is 19.5 Å². The van der Waals surface area contributed by atoms with E-state index >= 15 is 0 Å². The maximum absolute atomic E-state index is 12.0. The van der Waals surface area contributed by atoms with Crippen LogP contribution in [0.25, 0.3) is 0 Å². The maximum Gasteiger partial charge on any atom is 0.335 e. The van der Waals surface area contributed by atoms with Crippen molar-refractivity contribution < 1.29 is 18.3 Å². The van der Waals surface area contributed by atoms with Gasteiger partial charge < -0.3 is 10.8 Å². The van der Waals surface area contributed by atoms with Crippen LogP contribution in [0.1, 0.15) is 15.9 Å². The standard InChI is InChI=1S/C14H14N2O4S/c15-12-3-1-2-10(8-12)9-21(19,20)16-13-6-4-11(5-7-13)14(17)18/h1-8,16H,9,15H2,(H,17,18). The highest BCUT2D eigenvalue weighted by atomic mass is 32.2. The van der Waals surface area contributed by atoms with Crippen LogP contribution in [0.5, 0.6) is 0 Å². The van der Waals surface area contributed by atoms with E-state index in [1.807, 2.05) is 0 Å². The SMILES string of the molecule is Nc1cccc(CS(=O)(=O)Nc2ccc(C(=O)O)cc2)c1. The van der Waals surface area contributed by atoms with Crippen LogP contribution in [0.3, 0.4) is 0 Å². The molecule has 0 aliphatic heterocycles. The zero-order chi connectivity index (χ0) is 15.5. The molecule has 0 radical (unpaired) electrons. The van der Waals surface area contributed by atoms with Crippen LogP contribution in [-0.2, 0) is 15.8 Å². The van der Waals surface area contributed by atoms with Gasteiger partial charge in [0.15, 0.2) is 0 Å². The number of rotatable bonds is 5. The molecule has 0 aliphatic rings. The van der Waals surface area contributed by atoms with E-state index in [2.05, 4.69) is 4.72 Å². The Morgan fingerprint density at radius 3 is 2.38 bits per heavy atom. The number of aromatic carboxylic acids is 1. The average molecular weight is 306 g/mol. The number of benzene rings is 2. The Morgan fingerprint density at radius 2 is 1.81 bits per heavy atom. The summed E-state index contributed by atoms with van der Waals surface area (Å²) in [6.07, 6.45) is 0. The third-order valence-electron chi connectivity index (χ3n) is 2.71. The second-order valence-electron chi connectivity index (χ2n) is 4.49. The number of hydrogen-bond donors (Lipinski definition) is 3. The number of nitrogen functional groups attached to an aromatic ring is 1. The van der Waals surface area contributed by atoms with E-state index in [0.717, 1.165) is 0 Å². The number of hydrogen-bond acceptors (Lipinski definition) is 4. The Balaban J connectivity index is 2.12. The predicted molar refractivity (Wildman–Crippen MR) is 80.5 cm³/mol. The first kappa shape index (κ1) is 14.9. The summed E-state index contributed by atoms with van der Waals surface area (Å²) >= 11 is 0. The van der Waals surface area contributed by atoms with Gasteiger partial charge in [0.05, 0.1) is 11.3 Å². The van der Waals surface area contributed by atoms with Gasteiger partial charge in [-0.15, -0.1) is 0 Å². The van der Waals surface area contributed by atoms with Crippen LogP contribution in [0.15, 0.2) is 48.5 Å². The lowest BCUT2D eigenvalue weighted by atomic mass is 10.2. The van der Waals surface area contributed by atoms with E-state index in [-0.39, 0.29) is 11.3 Å². The van der Waals surface area contributed by atoms with E-state index < -0.39 is 16.0 Å². The highest BCUT2D eigenvalue weighted by Crippen LogP contribution is 2.15. The molecule has 0 unspecified atom stereocenters. The Labute approximate surface area is 122 Å².